The Labute approximate surface area is 390 Å². The molecule has 0 saturated heterocycles. The van der Waals surface area contributed by atoms with Gasteiger partial charge in [-0.3, -0.25) is 0 Å². The highest BCUT2D eigenvalue weighted by atomic mass is 32.1. The average molecular weight is 860 g/mol. The topological polar surface area (TPSA) is 3.24 Å². The molecule has 1 nitrogen and oxygen atoms in total. The lowest BCUT2D eigenvalue weighted by molar-refractivity contribution is 0.563. The van der Waals surface area contributed by atoms with Crippen molar-refractivity contribution >= 4 is 48.6 Å². The summed E-state index contributed by atoms with van der Waals surface area (Å²) < 4.78 is 2.58. The van der Waals surface area contributed by atoms with Crippen LogP contribution in [0.4, 0.5) is 17.1 Å². The van der Waals surface area contributed by atoms with E-state index in [1.54, 1.807) is 0 Å². The molecule has 0 amide bonds. The molecule has 0 radical (unpaired) electrons. The smallest absolute Gasteiger partial charge is 0.0719 e. The quantitative estimate of drug-likeness (QED) is 0.161. The van der Waals surface area contributed by atoms with Crippen molar-refractivity contribution < 1.29 is 0 Å². The van der Waals surface area contributed by atoms with Crippen molar-refractivity contribution in [3.8, 4) is 44.5 Å². The van der Waals surface area contributed by atoms with E-state index in [1.165, 1.54) is 98.1 Å². The molecule has 10 aromatic carbocycles. The molecule has 2 aliphatic carbocycles. The molecule has 1 heterocycles. The Hall–Kier alpha value is -7.78. The highest BCUT2D eigenvalue weighted by Gasteiger charge is 2.53. The first-order chi connectivity index (χ1) is 32.5. The minimum Gasteiger partial charge on any atom is -0.310 e. The first kappa shape index (κ1) is 38.7. The van der Waals surface area contributed by atoms with Gasteiger partial charge in [0, 0.05) is 42.5 Å². The number of rotatable bonds is 6. The van der Waals surface area contributed by atoms with Gasteiger partial charge in [-0.15, -0.1) is 11.3 Å². The van der Waals surface area contributed by atoms with Crippen molar-refractivity contribution in [1.82, 2.24) is 0 Å². The van der Waals surface area contributed by atoms with Crippen molar-refractivity contribution in [1.29, 1.82) is 0 Å². The molecule has 66 heavy (non-hydrogen) atoms. The van der Waals surface area contributed by atoms with Crippen LogP contribution in [-0.4, -0.2) is 0 Å². The van der Waals surface area contributed by atoms with Crippen LogP contribution in [-0.2, 0) is 10.8 Å². The lowest BCUT2D eigenvalue weighted by Gasteiger charge is -2.46. The minimum atomic E-state index is -0.461. The Kier molecular flexibility index (Phi) is 8.72. The third-order valence-electron chi connectivity index (χ3n) is 14.6. The van der Waals surface area contributed by atoms with Crippen LogP contribution in [0.15, 0.2) is 237 Å². The third kappa shape index (κ3) is 5.58. The van der Waals surface area contributed by atoms with E-state index in [9.17, 15) is 0 Å². The molecule has 0 atom stereocenters. The van der Waals surface area contributed by atoms with E-state index in [1.807, 2.05) is 11.3 Å². The zero-order chi connectivity index (χ0) is 44.0. The molecule has 0 aliphatic heterocycles. The van der Waals surface area contributed by atoms with Crippen molar-refractivity contribution in [2.45, 2.75) is 24.7 Å². The second kappa shape index (κ2) is 14.9. The van der Waals surface area contributed by atoms with Crippen molar-refractivity contribution in [2.75, 3.05) is 4.90 Å². The molecule has 1 spiro atoms. The fourth-order valence-electron chi connectivity index (χ4n) is 11.7. The highest BCUT2D eigenvalue weighted by Crippen LogP contribution is 2.63. The van der Waals surface area contributed by atoms with Gasteiger partial charge < -0.3 is 4.90 Å². The Morgan fingerprint density at radius 1 is 0.318 bits per heavy atom. The number of benzene rings is 10. The predicted octanol–water partition coefficient (Wildman–Crippen LogP) is 17.5. The zero-order valence-corrected chi connectivity index (χ0v) is 37.7. The van der Waals surface area contributed by atoms with E-state index in [-0.39, 0.29) is 5.41 Å². The number of nitrogens with zero attached hydrogens (tertiary/aromatic N) is 1. The van der Waals surface area contributed by atoms with Gasteiger partial charge in [-0.05, 0) is 109 Å². The predicted molar refractivity (Wildman–Crippen MR) is 280 cm³/mol. The van der Waals surface area contributed by atoms with E-state index in [0.29, 0.717) is 0 Å². The molecule has 312 valence electrons. The number of hydrogen-bond acceptors (Lipinski definition) is 2. The lowest BCUT2D eigenvalue weighted by Crippen LogP contribution is -2.40. The summed E-state index contributed by atoms with van der Waals surface area (Å²) in [5.41, 5.74) is 20.7. The number of hydrogen-bond donors (Lipinski definition) is 0. The van der Waals surface area contributed by atoms with E-state index in [2.05, 4.69) is 255 Å². The molecule has 2 heteroatoms. The van der Waals surface area contributed by atoms with Crippen LogP contribution >= 0.6 is 11.3 Å². The molecule has 11 aromatic rings. The molecule has 2 aliphatic rings. The molecule has 0 N–H and O–H groups in total. The summed E-state index contributed by atoms with van der Waals surface area (Å²) in [5.74, 6) is 0. The van der Waals surface area contributed by atoms with Crippen LogP contribution in [0.2, 0.25) is 0 Å². The highest BCUT2D eigenvalue weighted by molar-refractivity contribution is 7.25. The van der Waals surface area contributed by atoms with E-state index in [4.69, 9.17) is 0 Å². The van der Waals surface area contributed by atoms with Gasteiger partial charge in [0.1, 0.15) is 0 Å². The third-order valence-corrected chi connectivity index (χ3v) is 15.7. The van der Waals surface area contributed by atoms with E-state index < -0.39 is 5.41 Å². The summed E-state index contributed by atoms with van der Waals surface area (Å²) >= 11 is 1.87. The van der Waals surface area contributed by atoms with Crippen LogP contribution < -0.4 is 4.90 Å². The first-order valence-electron chi connectivity index (χ1n) is 23.0. The molecule has 0 fully saturated rings. The molecule has 1 aromatic heterocycles. The maximum atomic E-state index is 2.51. The largest absolute Gasteiger partial charge is 0.310 e. The maximum absolute atomic E-state index is 2.51. The summed E-state index contributed by atoms with van der Waals surface area (Å²) in [6.07, 6.45) is 0. The second-order valence-electron chi connectivity index (χ2n) is 18.3. The second-order valence-corrected chi connectivity index (χ2v) is 19.4. The SMILES string of the molecule is CC1(C)c2ccccc2C2(c3ccccc3-c3cc(N(c4ccc5c(c4)sc4ccccc45)c4ccccc4-c4ccccc4-c4ccccc4-c4ccccc4)ccc32)c2ccccc21. The molecule has 13 rings (SSSR count). The number of anilines is 3. The van der Waals surface area contributed by atoms with Crippen molar-refractivity contribution in [3.63, 3.8) is 0 Å². The summed E-state index contributed by atoms with van der Waals surface area (Å²) in [4.78, 5) is 2.51. The van der Waals surface area contributed by atoms with Crippen LogP contribution in [0.5, 0.6) is 0 Å². The lowest BCUT2D eigenvalue weighted by atomic mass is 9.55. The summed E-state index contributed by atoms with van der Waals surface area (Å²) in [7, 11) is 0. The van der Waals surface area contributed by atoms with Gasteiger partial charge in [0.2, 0.25) is 0 Å². The van der Waals surface area contributed by atoms with Crippen LogP contribution in [0, 0.1) is 0 Å². The van der Waals surface area contributed by atoms with Gasteiger partial charge in [-0.1, -0.05) is 214 Å². The van der Waals surface area contributed by atoms with Gasteiger partial charge in [-0.2, -0.15) is 0 Å². The first-order valence-corrected chi connectivity index (χ1v) is 23.8. The molecule has 0 unspecified atom stereocenters. The summed E-state index contributed by atoms with van der Waals surface area (Å²) in [5, 5.41) is 2.59. The fraction of sp³-hybridized carbons (Fsp3) is 0.0625. The molecular formula is C64H45NS. The average Bonchev–Trinajstić information content (AvgIpc) is 3.90. The molecule has 0 bridgehead atoms. The van der Waals surface area contributed by atoms with Gasteiger partial charge in [0.15, 0.2) is 0 Å². The van der Waals surface area contributed by atoms with Gasteiger partial charge in [0.25, 0.3) is 0 Å². The van der Waals surface area contributed by atoms with Crippen molar-refractivity contribution in [3.05, 3.63) is 270 Å². The Bertz CT molecular complexity index is 3650. The normalized spacial score (nSPS) is 13.8. The Morgan fingerprint density at radius 2 is 0.788 bits per heavy atom. The molecule has 0 saturated carbocycles. The Morgan fingerprint density at radius 3 is 1.50 bits per heavy atom. The monoisotopic (exact) mass is 859 g/mol. The van der Waals surface area contributed by atoms with Crippen LogP contribution in [0.1, 0.15) is 47.2 Å². The standard InChI is InChI=1S/C64H45NS/c1-63(2)56-30-14-16-32-58(56)64(59-33-17-15-31-57(59)63)54-29-13-10-26-49(54)53-40-43(37-39-55(53)64)65(44-36-38-52-51-28-12-19-35-61(51)66-62(52)41-44)60-34-18-11-27-50(60)48-25-9-8-24-47(48)46-23-7-6-22-45(46)42-20-4-3-5-21-42/h3-41H,1-2H3. The number of para-hydroxylation sites is 1. The van der Waals surface area contributed by atoms with E-state index in [0.717, 1.165) is 17.1 Å². The van der Waals surface area contributed by atoms with E-state index >= 15 is 0 Å². The van der Waals surface area contributed by atoms with Gasteiger partial charge in [-0.25, -0.2) is 0 Å². The molecular weight excluding hydrogens is 815 g/mol. The fourth-order valence-corrected chi connectivity index (χ4v) is 12.8. The summed E-state index contributed by atoms with van der Waals surface area (Å²) in [6.45, 7) is 4.78. The zero-order valence-electron chi connectivity index (χ0n) is 36.9. The minimum absolute atomic E-state index is 0.153. The van der Waals surface area contributed by atoms with Crippen LogP contribution in [0.25, 0.3) is 64.7 Å². The van der Waals surface area contributed by atoms with Gasteiger partial charge in [0.05, 0.1) is 11.1 Å². The Balaban J connectivity index is 1.06. The number of fused-ring (bicyclic) bond motifs is 12. The van der Waals surface area contributed by atoms with Gasteiger partial charge >= 0.3 is 0 Å². The van der Waals surface area contributed by atoms with Crippen LogP contribution in [0.3, 0.4) is 0 Å². The summed E-state index contributed by atoms with van der Waals surface area (Å²) in [6, 6.07) is 88.3. The number of thiophene rings is 1. The maximum Gasteiger partial charge on any atom is 0.0719 e. The van der Waals surface area contributed by atoms with Crippen molar-refractivity contribution in [2.24, 2.45) is 0 Å².